The highest BCUT2D eigenvalue weighted by Crippen LogP contribution is 2.24. The van der Waals surface area contributed by atoms with E-state index in [0.29, 0.717) is 23.9 Å². The molecule has 1 unspecified atom stereocenters. The molecule has 20 heavy (non-hydrogen) atoms. The number of hydrogen-bond donors (Lipinski definition) is 2. The monoisotopic (exact) mass is 273 g/mol. The summed E-state index contributed by atoms with van der Waals surface area (Å²) in [6.07, 6.45) is -0.665. The molecule has 2 N–H and O–H groups in total. The molecule has 0 spiro atoms. The van der Waals surface area contributed by atoms with Crippen molar-refractivity contribution in [1.82, 2.24) is 9.97 Å². The number of rotatable bonds is 5. The molecule has 0 saturated heterocycles. The third kappa shape index (κ3) is 3.45. The second-order valence-electron chi connectivity index (χ2n) is 4.58. The van der Waals surface area contributed by atoms with Crippen LogP contribution in [0.15, 0.2) is 30.3 Å². The van der Waals surface area contributed by atoms with E-state index in [1.165, 1.54) is 0 Å². The SMILES string of the molecule is COc1ccccc1C(O)CNc1cc(C)nc(C)n1. The highest BCUT2D eigenvalue weighted by Gasteiger charge is 2.12. The number of nitrogens with zero attached hydrogens (tertiary/aromatic N) is 2. The third-order valence-corrected chi connectivity index (χ3v) is 2.94. The number of aryl methyl sites for hydroxylation is 2. The molecule has 1 aromatic heterocycles. The summed E-state index contributed by atoms with van der Waals surface area (Å²) in [5.41, 5.74) is 1.65. The van der Waals surface area contributed by atoms with E-state index in [1.807, 2.05) is 44.2 Å². The fourth-order valence-electron chi connectivity index (χ4n) is 2.06. The second-order valence-corrected chi connectivity index (χ2v) is 4.58. The van der Waals surface area contributed by atoms with Crippen molar-refractivity contribution < 1.29 is 9.84 Å². The minimum atomic E-state index is -0.665. The maximum absolute atomic E-state index is 10.2. The molecule has 5 heteroatoms. The molecule has 2 rings (SSSR count). The maximum Gasteiger partial charge on any atom is 0.130 e. The van der Waals surface area contributed by atoms with Crippen LogP contribution in [0.25, 0.3) is 0 Å². The Morgan fingerprint density at radius 3 is 2.70 bits per heavy atom. The van der Waals surface area contributed by atoms with Crippen LogP contribution in [-0.4, -0.2) is 28.7 Å². The van der Waals surface area contributed by atoms with Gasteiger partial charge in [-0.05, 0) is 19.9 Å². The number of benzene rings is 1. The number of anilines is 1. The van der Waals surface area contributed by atoms with Crippen molar-refractivity contribution in [3.05, 3.63) is 47.4 Å². The van der Waals surface area contributed by atoms with Crippen molar-refractivity contribution >= 4 is 5.82 Å². The number of aliphatic hydroxyl groups excluding tert-OH is 1. The molecule has 0 amide bonds. The van der Waals surface area contributed by atoms with Gasteiger partial charge in [0.05, 0.1) is 13.2 Å². The quantitative estimate of drug-likeness (QED) is 0.874. The van der Waals surface area contributed by atoms with Gasteiger partial charge >= 0.3 is 0 Å². The van der Waals surface area contributed by atoms with Crippen molar-refractivity contribution in [2.45, 2.75) is 20.0 Å². The Bertz CT molecular complexity index is 567. The highest BCUT2D eigenvalue weighted by molar-refractivity contribution is 5.39. The Labute approximate surface area is 118 Å². The van der Waals surface area contributed by atoms with Crippen molar-refractivity contribution in [3.8, 4) is 5.75 Å². The van der Waals surface area contributed by atoms with E-state index in [1.54, 1.807) is 7.11 Å². The molecule has 0 aliphatic rings. The van der Waals surface area contributed by atoms with E-state index in [2.05, 4.69) is 15.3 Å². The fourth-order valence-corrected chi connectivity index (χ4v) is 2.06. The molecular formula is C15H19N3O2. The summed E-state index contributed by atoms with van der Waals surface area (Å²) < 4.78 is 5.24. The van der Waals surface area contributed by atoms with Gasteiger partial charge in [0.1, 0.15) is 17.4 Å². The average Bonchev–Trinajstić information content (AvgIpc) is 2.43. The summed E-state index contributed by atoms with van der Waals surface area (Å²) in [5.74, 6) is 2.10. The largest absolute Gasteiger partial charge is 0.496 e. The summed E-state index contributed by atoms with van der Waals surface area (Å²) in [5, 5.41) is 13.4. The lowest BCUT2D eigenvalue weighted by Crippen LogP contribution is -2.14. The van der Waals surface area contributed by atoms with Gasteiger partial charge in [0.2, 0.25) is 0 Å². The molecule has 0 fully saturated rings. The van der Waals surface area contributed by atoms with E-state index in [4.69, 9.17) is 4.74 Å². The Morgan fingerprint density at radius 2 is 2.00 bits per heavy atom. The first-order chi connectivity index (χ1) is 9.60. The molecular weight excluding hydrogens is 254 g/mol. The predicted molar refractivity (Wildman–Crippen MR) is 77.9 cm³/mol. The first-order valence-electron chi connectivity index (χ1n) is 6.47. The number of hydrogen-bond acceptors (Lipinski definition) is 5. The Morgan fingerprint density at radius 1 is 1.25 bits per heavy atom. The Balaban J connectivity index is 2.06. The van der Waals surface area contributed by atoms with E-state index in [0.717, 1.165) is 11.3 Å². The van der Waals surface area contributed by atoms with E-state index >= 15 is 0 Å². The van der Waals surface area contributed by atoms with Crippen LogP contribution in [0.4, 0.5) is 5.82 Å². The van der Waals surface area contributed by atoms with Crippen LogP contribution in [0.1, 0.15) is 23.2 Å². The van der Waals surface area contributed by atoms with E-state index in [9.17, 15) is 5.11 Å². The summed E-state index contributed by atoms with van der Waals surface area (Å²) in [4.78, 5) is 8.49. The molecule has 2 aromatic rings. The van der Waals surface area contributed by atoms with Gasteiger partial charge in [-0.25, -0.2) is 9.97 Å². The normalized spacial score (nSPS) is 12.0. The lowest BCUT2D eigenvalue weighted by molar-refractivity contribution is 0.187. The van der Waals surface area contributed by atoms with Crippen molar-refractivity contribution in [2.24, 2.45) is 0 Å². The zero-order valence-corrected chi connectivity index (χ0v) is 11.9. The summed E-state index contributed by atoms with van der Waals surface area (Å²) >= 11 is 0. The van der Waals surface area contributed by atoms with Crippen LogP contribution < -0.4 is 10.1 Å². The van der Waals surface area contributed by atoms with Crippen molar-refractivity contribution in [1.29, 1.82) is 0 Å². The van der Waals surface area contributed by atoms with E-state index < -0.39 is 6.10 Å². The third-order valence-electron chi connectivity index (χ3n) is 2.94. The standard InChI is InChI=1S/C15H19N3O2/c1-10-8-15(18-11(2)17-10)16-9-13(19)12-6-4-5-7-14(12)20-3/h4-8,13,19H,9H2,1-3H3,(H,16,17,18). The number of aliphatic hydroxyl groups is 1. The molecule has 1 aromatic carbocycles. The lowest BCUT2D eigenvalue weighted by Gasteiger charge is -2.16. The molecule has 0 aliphatic carbocycles. The maximum atomic E-state index is 10.2. The van der Waals surface area contributed by atoms with Gasteiger partial charge in [-0.3, -0.25) is 0 Å². The molecule has 1 atom stereocenters. The molecule has 1 heterocycles. The zero-order valence-electron chi connectivity index (χ0n) is 11.9. The summed E-state index contributed by atoms with van der Waals surface area (Å²) in [7, 11) is 1.59. The summed E-state index contributed by atoms with van der Waals surface area (Å²) in [6, 6.07) is 9.28. The van der Waals surface area contributed by atoms with Gasteiger partial charge in [-0.15, -0.1) is 0 Å². The molecule has 0 aliphatic heterocycles. The van der Waals surface area contributed by atoms with Crippen LogP contribution in [0.5, 0.6) is 5.75 Å². The average molecular weight is 273 g/mol. The molecule has 5 nitrogen and oxygen atoms in total. The first kappa shape index (κ1) is 14.3. The topological polar surface area (TPSA) is 67.3 Å². The lowest BCUT2D eigenvalue weighted by atomic mass is 10.1. The smallest absolute Gasteiger partial charge is 0.130 e. The van der Waals surface area contributed by atoms with Crippen molar-refractivity contribution in [3.63, 3.8) is 0 Å². The van der Waals surface area contributed by atoms with E-state index in [-0.39, 0.29) is 0 Å². The number of ether oxygens (including phenoxy) is 1. The minimum absolute atomic E-state index is 0.357. The van der Waals surface area contributed by atoms with Crippen LogP contribution in [0, 0.1) is 13.8 Å². The second kappa shape index (κ2) is 6.34. The van der Waals surface area contributed by atoms with Gasteiger partial charge in [0, 0.05) is 23.9 Å². The van der Waals surface area contributed by atoms with Gasteiger partial charge in [0.25, 0.3) is 0 Å². The first-order valence-corrected chi connectivity index (χ1v) is 6.47. The van der Waals surface area contributed by atoms with Gasteiger partial charge in [-0.2, -0.15) is 0 Å². The van der Waals surface area contributed by atoms with Gasteiger partial charge in [-0.1, -0.05) is 18.2 Å². The molecule has 0 radical (unpaired) electrons. The number of methoxy groups -OCH3 is 1. The number of aromatic nitrogens is 2. The molecule has 0 saturated carbocycles. The fraction of sp³-hybridized carbons (Fsp3) is 0.333. The Hall–Kier alpha value is -2.14. The molecule has 0 bridgehead atoms. The van der Waals surface area contributed by atoms with Crippen LogP contribution in [-0.2, 0) is 0 Å². The van der Waals surface area contributed by atoms with Gasteiger partial charge in [0.15, 0.2) is 0 Å². The highest BCUT2D eigenvalue weighted by atomic mass is 16.5. The van der Waals surface area contributed by atoms with Crippen molar-refractivity contribution in [2.75, 3.05) is 19.0 Å². The minimum Gasteiger partial charge on any atom is -0.496 e. The Kier molecular flexibility index (Phi) is 4.53. The van der Waals surface area contributed by atoms with Crippen LogP contribution >= 0.6 is 0 Å². The zero-order chi connectivity index (χ0) is 14.5. The number of para-hydroxylation sites is 1. The summed E-state index contributed by atoms with van der Waals surface area (Å²) in [6.45, 7) is 4.11. The number of nitrogens with one attached hydrogen (secondary N) is 1. The molecule has 106 valence electrons. The predicted octanol–water partition coefficient (Wildman–Crippen LogP) is 2.25. The van der Waals surface area contributed by atoms with Crippen LogP contribution in [0.2, 0.25) is 0 Å². The van der Waals surface area contributed by atoms with Crippen LogP contribution in [0.3, 0.4) is 0 Å². The van der Waals surface area contributed by atoms with Gasteiger partial charge < -0.3 is 15.2 Å².